The molecule has 0 aliphatic rings. The van der Waals surface area contributed by atoms with Gasteiger partial charge in [0, 0.05) is 131 Å². The minimum absolute atomic E-state index is 0.00621. The Labute approximate surface area is 552 Å². The number of hydrogen-bond donors (Lipinski definition) is 2. The molecule has 0 radical (unpaired) electrons. The Morgan fingerprint density at radius 2 is 0.482 bits per heavy atom. The van der Waals surface area contributed by atoms with Crippen molar-refractivity contribution in [3.05, 3.63) is 0 Å². The monoisotopic (exact) mass is 1350 g/mol. The van der Waals surface area contributed by atoms with E-state index in [0.717, 1.165) is 46.0 Å². The lowest BCUT2D eigenvalue weighted by Gasteiger charge is -2.32. The van der Waals surface area contributed by atoms with Crippen LogP contribution in [0.15, 0.2) is 0 Å². The third kappa shape index (κ3) is 64.3. The summed E-state index contributed by atoms with van der Waals surface area (Å²) in [7, 11) is 14.4. The molecule has 0 aromatic carbocycles. The molecular weight excluding hydrogens is 1230 g/mol. The number of hydrogen-bond acceptors (Lipinski definition) is 22. The summed E-state index contributed by atoms with van der Waals surface area (Å²) < 4.78 is 22.8. The van der Waals surface area contributed by atoms with Gasteiger partial charge in [0.05, 0.1) is 32.3 Å². The van der Waals surface area contributed by atoms with E-state index in [9.17, 15) is 29.4 Å². The van der Waals surface area contributed by atoms with Crippen LogP contribution in [0.3, 0.4) is 0 Å². The second-order valence-corrected chi connectivity index (χ2v) is 32.5. The molecule has 0 heterocycles. The van der Waals surface area contributed by atoms with E-state index in [2.05, 4.69) is 47.3 Å². The molecule has 0 aliphatic heterocycles. The van der Waals surface area contributed by atoms with Crippen molar-refractivity contribution in [2.75, 3.05) is 164 Å². The topological polar surface area (TPSA) is 159 Å². The summed E-state index contributed by atoms with van der Waals surface area (Å²) in [5.41, 5.74) is 0. The maximum atomic E-state index is 13.2. The summed E-state index contributed by atoms with van der Waals surface area (Å²) in [4.78, 5) is 61.4. The molecule has 14 nitrogen and oxygen atoms in total. The van der Waals surface area contributed by atoms with Gasteiger partial charge in [-0.2, -0.15) is 0 Å². The number of carbonyl (C=O) groups excluding carboxylic acids is 4. The molecule has 85 heavy (non-hydrogen) atoms. The SMILES string of the molecule is CCCCCCCCSSCCOC(=O)CCN(CCC(=O)OCCSSCCCCCCCC)CCN(CCN(CCO)CCCO)CCN(CCC(=O)OCCSSCCCCCCCC)CCC(=O)OCCSSCCCCCCCC. The summed E-state index contributed by atoms with van der Waals surface area (Å²) in [5, 5.41) is 19.6. The fraction of sp³-hybridized carbons (Fsp3) is 0.937. The number of nitrogens with zero attached hydrogens (tertiary/aromatic N) is 4. The van der Waals surface area contributed by atoms with E-state index in [-0.39, 0.29) is 62.8 Å². The van der Waals surface area contributed by atoms with E-state index in [1.165, 1.54) is 154 Å². The van der Waals surface area contributed by atoms with Gasteiger partial charge in [0.2, 0.25) is 0 Å². The highest BCUT2D eigenvalue weighted by atomic mass is 33.1. The summed E-state index contributed by atoms with van der Waals surface area (Å²) in [6, 6.07) is 0. The summed E-state index contributed by atoms with van der Waals surface area (Å²) in [5.74, 6) is 6.40. The van der Waals surface area contributed by atoms with Gasteiger partial charge in [-0.05, 0) is 32.1 Å². The van der Waals surface area contributed by atoms with E-state index in [4.69, 9.17) is 18.9 Å². The molecule has 0 saturated carbocycles. The molecule has 0 spiro atoms. The third-order valence-electron chi connectivity index (χ3n) is 14.2. The fourth-order valence-electron chi connectivity index (χ4n) is 8.91. The van der Waals surface area contributed by atoms with Gasteiger partial charge in [-0.1, -0.05) is 242 Å². The Bertz CT molecular complexity index is 1290. The summed E-state index contributed by atoms with van der Waals surface area (Å²) in [6.07, 6.45) is 32.1. The van der Waals surface area contributed by atoms with Crippen molar-refractivity contribution in [3.8, 4) is 0 Å². The number of carbonyl (C=O) groups is 4. The maximum absolute atomic E-state index is 13.2. The van der Waals surface area contributed by atoms with Gasteiger partial charge in [0.1, 0.15) is 26.4 Å². The molecular formula is C63H124N4O10S8. The highest BCUT2D eigenvalue weighted by Crippen LogP contribution is 2.26. The minimum Gasteiger partial charge on any atom is -0.465 e. The van der Waals surface area contributed by atoms with Crippen LogP contribution in [-0.4, -0.2) is 218 Å². The fourth-order valence-corrected chi connectivity index (χ4v) is 16.8. The van der Waals surface area contributed by atoms with E-state index in [1.54, 1.807) is 43.2 Å². The van der Waals surface area contributed by atoms with Crippen LogP contribution < -0.4 is 0 Å². The van der Waals surface area contributed by atoms with Crippen LogP contribution in [0.25, 0.3) is 0 Å². The Morgan fingerprint density at radius 1 is 0.259 bits per heavy atom. The first-order valence-electron chi connectivity index (χ1n) is 33.4. The first-order valence-corrected chi connectivity index (χ1v) is 43.4. The van der Waals surface area contributed by atoms with Crippen LogP contribution in [0.1, 0.15) is 214 Å². The normalized spacial score (nSPS) is 11.7. The van der Waals surface area contributed by atoms with Gasteiger partial charge in [0.25, 0.3) is 0 Å². The number of ether oxygens (including phenoxy) is 4. The molecule has 504 valence electrons. The molecule has 0 atom stereocenters. The van der Waals surface area contributed by atoms with Crippen LogP contribution in [0, 0.1) is 0 Å². The second kappa shape index (κ2) is 70.3. The van der Waals surface area contributed by atoms with Crippen molar-refractivity contribution >= 4 is 110 Å². The van der Waals surface area contributed by atoms with Gasteiger partial charge in [0.15, 0.2) is 0 Å². The third-order valence-corrected chi connectivity index (χ3v) is 24.0. The van der Waals surface area contributed by atoms with E-state index in [0.29, 0.717) is 111 Å². The number of unbranched alkanes of at least 4 members (excludes halogenated alkanes) is 20. The maximum Gasteiger partial charge on any atom is 0.307 e. The lowest BCUT2D eigenvalue weighted by Crippen LogP contribution is -2.45. The van der Waals surface area contributed by atoms with Crippen LogP contribution in [-0.2, 0) is 38.1 Å². The zero-order valence-corrected chi connectivity index (χ0v) is 60.6. The highest BCUT2D eigenvalue weighted by Gasteiger charge is 2.19. The van der Waals surface area contributed by atoms with Crippen LogP contribution in [0.4, 0.5) is 0 Å². The second-order valence-electron chi connectivity index (χ2n) is 21.7. The van der Waals surface area contributed by atoms with Crippen molar-refractivity contribution in [2.24, 2.45) is 0 Å². The van der Waals surface area contributed by atoms with Crippen molar-refractivity contribution in [2.45, 2.75) is 214 Å². The molecule has 0 saturated heterocycles. The van der Waals surface area contributed by atoms with Gasteiger partial charge < -0.3 is 39.0 Å². The van der Waals surface area contributed by atoms with Crippen molar-refractivity contribution in [1.29, 1.82) is 0 Å². The lowest BCUT2D eigenvalue weighted by molar-refractivity contribution is -0.145. The van der Waals surface area contributed by atoms with Crippen LogP contribution in [0.2, 0.25) is 0 Å². The average Bonchev–Trinajstić information content (AvgIpc) is 3.51. The molecule has 0 aromatic rings. The highest BCUT2D eigenvalue weighted by molar-refractivity contribution is 8.77. The number of aliphatic hydroxyl groups is 2. The summed E-state index contributed by atoms with van der Waals surface area (Å²) in [6.45, 7) is 17.1. The predicted molar refractivity (Wildman–Crippen MR) is 380 cm³/mol. The lowest BCUT2D eigenvalue weighted by atomic mass is 10.1. The Hall–Kier alpha value is 0.440. The molecule has 0 amide bonds. The van der Waals surface area contributed by atoms with Gasteiger partial charge in [-0.25, -0.2) is 0 Å². The number of esters is 4. The van der Waals surface area contributed by atoms with Gasteiger partial charge in [-0.15, -0.1) is 0 Å². The quantitative estimate of drug-likeness (QED) is 0.0256. The minimum atomic E-state index is -0.250. The predicted octanol–water partition coefficient (Wildman–Crippen LogP) is 15.3. The van der Waals surface area contributed by atoms with E-state index < -0.39 is 0 Å². The molecule has 0 unspecified atom stereocenters. The Balaban J connectivity index is 5.92. The standard InChI is InChI=1S/C63H124N4O10S8/c1-5-9-13-17-21-25-52-78-82-56-48-74-60(70)30-35-65(36-31-61(71)75-49-57-83-79-53-26-22-18-14-10-6-2)40-43-67(42-39-64(45-47-69)34-29-46-68)44-41-66(37-32-62(72)76-50-58-84-80-54-27-23-19-15-11-7-3)38-33-63(73)77-51-59-85-81-55-28-24-20-16-12-8-4/h68-69H,5-59H2,1-4H3. The Kier molecular flexibility index (Phi) is 70.7. The molecule has 0 rings (SSSR count). The molecule has 2 N–H and O–H groups in total. The molecule has 22 heteroatoms. The Morgan fingerprint density at radius 3 is 0.729 bits per heavy atom. The first-order chi connectivity index (χ1) is 41.7. The molecule has 0 aromatic heterocycles. The summed E-state index contributed by atoms with van der Waals surface area (Å²) >= 11 is 0. The van der Waals surface area contributed by atoms with E-state index in [1.807, 2.05) is 43.2 Å². The average molecular weight is 1350 g/mol. The zero-order chi connectivity index (χ0) is 62.0. The number of aliphatic hydroxyl groups excluding tert-OH is 2. The van der Waals surface area contributed by atoms with Crippen molar-refractivity contribution in [3.63, 3.8) is 0 Å². The van der Waals surface area contributed by atoms with Gasteiger partial charge in [-0.3, -0.25) is 29.0 Å². The smallest absolute Gasteiger partial charge is 0.307 e. The van der Waals surface area contributed by atoms with Crippen LogP contribution in [0.5, 0.6) is 0 Å². The zero-order valence-electron chi connectivity index (χ0n) is 54.1. The molecule has 0 bridgehead atoms. The number of rotatable bonds is 70. The first kappa shape index (κ1) is 85.4. The molecule has 0 fully saturated rings. The molecule has 0 aliphatic carbocycles. The van der Waals surface area contributed by atoms with Crippen molar-refractivity contribution in [1.82, 2.24) is 19.6 Å². The van der Waals surface area contributed by atoms with Crippen LogP contribution >= 0.6 is 86.4 Å². The van der Waals surface area contributed by atoms with E-state index >= 15 is 0 Å². The van der Waals surface area contributed by atoms with Gasteiger partial charge >= 0.3 is 23.9 Å². The largest absolute Gasteiger partial charge is 0.465 e. The van der Waals surface area contributed by atoms with Crippen molar-refractivity contribution < 1.29 is 48.3 Å².